The summed E-state index contributed by atoms with van der Waals surface area (Å²) < 4.78 is 11.2. The Morgan fingerprint density at radius 1 is 1.00 bits per heavy atom. The summed E-state index contributed by atoms with van der Waals surface area (Å²) in [6, 6.07) is 0.933. The molecule has 3 heteroatoms. The topological polar surface area (TPSA) is 18.5 Å². The molecule has 3 radical (unpaired) electrons. The Kier molecular flexibility index (Phi) is 11.3. The van der Waals surface area contributed by atoms with Gasteiger partial charge in [-0.15, -0.1) is 0 Å². The van der Waals surface area contributed by atoms with Gasteiger partial charge in [0.25, 0.3) is 0 Å². The van der Waals surface area contributed by atoms with E-state index in [0.29, 0.717) is 0 Å². The lowest BCUT2D eigenvalue weighted by Gasteiger charge is -2.17. The molecule has 0 bridgehead atoms. The van der Waals surface area contributed by atoms with E-state index < -0.39 is 0 Å². The Bertz CT molecular complexity index is 99.5. The molecule has 0 saturated carbocycles. The average molecular weight is 215 g/mol. The maximum atomic E-state index is 5.62. The second-order valence-electron chi connectivity index (χ2n) is 3.42. The van der Waals surface area contributed by atoms with Crippen LogP contribution in [0, 0.1) is 0 Å². The van der Waals surface area contributed by atoms with Crippen molar-refractivity contribution in [3.05, 3.63) is 0 Å². The number of hydrogen-bond donors (Lipinski definition) is 0. The van der Waals surface area contributed by atoms with Gasteiger partial charge in [-0.05, 0) is 19.3 Å². The Morgan fingerprint density at radius 3 is 1.86 bits per heavy atom. The molecule has 0 saturated heterocycles. The zero-order chi connectivity index (χ0) is 10.6. The van der Waals surface area contributed by atoms with Crippen LogP contribution in [0.4, 0.5) is 0 Å². The molecular weight excluding hydrogens is 192 g/mol. The zero-order valence-corrected chi connectivity index (χ0v) is 10.6. The van der Waals surface area contributed by atoms with Gasteiger partial charge in [0, 0.05) is 23.5 Å². The second-order valence-corrected chi connectivity index (χ2v) is 3.92. The first-order valence-corrected chi connectivity index (χ1v) is 6.43. The molecule has 14 heavy (non-hydrogen) atoms. The smallest absolute Gasteiger partial charge is 0.157 e. The first-order chi connectivity index (χ1) is 6.85. The molecular formula is C11H23O2Si. The molecule has 0 atom stereocenters. The fourth-order valence-electron chi connectivity index (χ4n) is 1.05. The van der Waals surface area contributed by atoms with Gasteiger partial charge in [0.1, 0.15) is 0 Å². The number of unbranched alkanes of at least 4 members (excludes halogenated alkanes) is 2. The Hall–Kier alpha value is 0.137. The predicted octanol–water partition coefficient (Wildman–Crippen LogP) is 2.92. The minimum Gasteiger partial charge on any atom is -0.353 e. The summed E-state index contributed by atoms with van der Waals surface area (Å²) in [5.74, 6) is 0. The minimum absolute atomic E-state index is 0.00870. The summed E-state index contributed by atoms with van der Waals surface area (Å²) in [7, 11) is 3.45. The maximum absolute atomic E-state index is 5.62. The molecule has 0 aliphatic carbocycles. The van der Waals surface area contributed by atoms with Crippen molar-refractivity contribution in [1.82, 2.24) is 0 Å². The maximum Gasteiger partial charge on any atom is 0.157 e. The van der Waals surface area contributed by atoms with Crippen molar-refractivity contribution in [3.8, 4) is 0 Å². The van der Waals surface area contributed by atoms with E-state index in [9.17, 15) is 0 Å². The van der Waals surface area contributed by atoms with E-state index >= 15 is 0 Å². The van der Waals surface area contributed by atoms with Crippen LogP contribution in [-0.4, -0.2) is 29.7 Å². The number of ether oxygens (including phenoxy) is 2. The fraction of sp³-hybridized carbons (Fsp3) is 1.00. The molecule has 0 amide bonds. The van der Waals surface area contributed by atoms with Crippen LogP contribution >= 0.6 is 0 Å². The van der Waals surface area contributed by atoms with E-state index in [2.05, 4.69) is 24.1 Å². The number of rotatable bonds is 10. The highest BCUT2D eigenvalue weighted by atomic mass is 28.1. The quantitative estimate of drug-likeness (QED) is 0.317. The van der Waals surface area contributed by atoms with Crippen LogP contribution in [0.15, 0.2) is 0 Å². The lowest BCUT2D eigenvalue weighted by Crippen LogP contribution is -2.18. The largest absolute Gasteiger partial charge is 0.353 e. The van der Waals surface area contributed by atoms with E-state index in [0.717, 1.165) is 38.5 Å². The highest BCUT2D eigenvalue weighted by molar-refractivity contribution is 6.08. The van der Waals surface area contributed by atoms with Gasteiger partial charge in [-0.3, -0.25) is 0 Å². The first kappa shape index (κ1) is 14.1. The van der Waals surface area contributed by atoms with Gasteiger partial charge in [0.2, 0.25) is 0 Å². The minimum atomic E-state index is -0.00870. The van der Waals surface area contributed by atoms with Crippen LogP contribution < -0.4 is 0 Å². The van der Waals surface area contributed by atoms with Crippen molar-refractivity contribution >= 4 is 10.2 Å². The fourth-order valence-corrected chi connectivity index (χ4v) is 1.29. The third kappa shape index (κ3) is 8.72. The molecule has 2 nitrogen and oxygen atoms in total. The average Bonchev–Trinajstić information content (AvgIpc) is 2.18. The standard InChI is InChI=1S/C11H23O2Si/c1-3-5-8-12-11(7-10-14)13-9-6-4-2/h11H,3-10H2,1-2H3. The molecule has 0 rings (SSSR count). The van der Waals surface area contributed by atoms with Gasteiger partial charge in [0.05, 0.1) is 0 Å². The molecule has 0 fully saturated rings. The van der Waals surface area contributed by atoms with Gasteiger partial charge in [-0.25, -0.2) is 0 Å². The van der Waals surface area contributed by atoms with E-state index in [1.807, 2.05) is 0 Å². The SMILES string of the molecule is CCCCOC(CC[Si])OCCCC. The van der Waals surface area contributed by atoms with Crippen LogP contribution in [0.2, 0.25) is 6.04 Å². The molecule has 0 aromatic heterocycles. The van der Waals surface area contributed by atoms with Crippen molar-refractivity contribution in [2.45, 2.75) is 58.3 Å². The summed E-state index contributed by atoms with van der Waals surface area (Å²) >= 11 is 0. The van der Waals surface area contributed by atoms with Crippen LogP contribution in [-0.2, 0) is 9.47 Å². The Morgan fingerprint density at radius 2 is 1.50 bits per heavy atom. The summed E-state index contributed by atoms with van der Waals surface area (Å²) in [6.45, 7) is 5.97. The molecule has 0 spiro atoms. The van der Waals surface area contributed by atoms with Crippen molar-refractivity contribution in [1.29, 1.82) is 0 Å². The molecule has 0 aliphatic rings. The summed E-state index contributed by atoms with van der Waals surface area (Å²) in [5.41, 5.74) is 0. The highest BCUT2D eigenvalue weighted by Gasteiger charge is 2.06. The molecule has 0 aromatic rings. The van der Waals surface area contributed by atoms with E-state index in [4.69, 9.17) is 9.47 Å². The van der Waals surface area contributed by atoms with Crippen molar-refractivity contribution in [2.75, 3.05) is 13.2 Å². The Labute approximate surface area is 91.8 Å². The van der Waals surface area contributed by atoms with Gasteiger partial charge in [0.15, 0.2) is 6.29 Å². The third-order valence-corrected chi connectivity index (χ3v) is 2.27. The van der Waals surface area contributed by atoms with Gasteiger partial charge >= 0.3 is 0 Å². The molecule has 83 valence electrons. The van der Waals surface area contributed by atoms with E-state index in [-0.39, 0.29) is 6.29 Å². The van der Waals surface area contributed by atoms with Crippen LogP contribution in [0.1, 0.15) is 46.0 Å². The molecule has 0 unspecified atom stereocenters. The third-order valence-electron chi connectivity index (χ3n) is 1.98. The van der Waals surface area contributed by atoms with Crippen LogP contribution in [0.3, 0.4) is 0 Å². The number of hydrogen-bond acceptors (Lipinski definition) is 2. The summed E-state index contributed by atoms with van der Waals surface area (Å²) in [6.07, 6.45) is 5.52. The van der Waals surface area contributed by atoms with Gasteiger partial charge in [-0.2, -0.15) is 0 Å². The summed E-state index contributed by atoms with van der Waals surface area (Å²) in [4.78, 5) is 0. The van der Waals surface area contributed by atoms with Crippen LogP contribution in [0.5, 0.6) is 0 Å². The van der Waals surface area contributed by atoms with Crippen molar-refractivity contribution < 1.29 is 9.47 Å². The molecule has 0 aliphatic heterocycles. The molecule has 0 aromatic carbocycles. The molecule has 0 heterocycles. The predicted molar refractivity (Wildman–Crippen MR) is 60.7 cm³/mol. The van der Waals surface area contributed by atoms with Gasteiger partial charge < -0.3 is 9.47 Å². The highest BCUT2D eigenvalue weighted by Crippen LogP contribution is 2.06. The first-order valence-electron chi connectivity index (χ1n) is 5.72. The second kappa shape index (κ2) is 11.2. The van der Waals surface area contributed by atoms with Crippen molar-refractivity contribution in [2.24, 2.45) is 0 Å². The Balaban J connectivity index is 3.44. The van der Waals surface area contributed by atoms with E-state index in [1.165, 1.54) is 12.8 Å². The van der Waals surface area contributed by atoms with Crippen LogP contribution in [0.25, 0.3) is 0 Å². The van der Waals surface area contributed by atoms with E-state index in [1.54, 1.807) is 0 Å². The normalized spacial score (nSPS) is 11.1. The lowest BCUT2D eigenvalue weighted by atomic mass is 10.3. The lowest BCUT2D eigenvalue weighted by molar-refractivity contribution is -0.144. The summed E-state index contributed by atoms with van der Waals surface area (Å²) in [5, 5.41) is 0. The van der Waals surface area contributed by atoms with Crippen molar-refractivity contribution in [3.63, 3.8) is 0 Å². The zero-order valence-electron chi connectivity index (χ0n) is 9.55. The molecule has 0 N–H and O–H groups in total. The van der Waals surface area contributed by atoms with Gasteiger partial charge in [-0.1, -0.05) is 32.7 Å². The monoisotopic (exact) mass is 215 g/mol.